The van der Waals surface area contributed by atoms with Gasteiger partial charge in [-0.1, -0.05) is 109 Å². The van der Waals surface area contributed by atoms with E-state index in [4.69, 9.17) is 0 Å². The van der Waals surface area contributed by atoms with Gasteiger partial charge in [0.05, 0.1) is 6.10 Å². The van der Waals surface area contributed by atoms with Crippen LogP contribution in [-0.2, 0) is 4.79 Å². The van der Waals surface area contributed by atoms with E-state index in [1.807, 2.05) is 37.3 Å². The fourth-order valence-corrected chi connectivity index (χ4v) is 3.72. The molecule has 0 amide bonds. The Morgan fingerprint density at radius 2 is 1.28 bits per heavy atom. The zero-order valence-corrected chi connectivity index (χ0v) is 20.9. The Bertz CT molecular complexity index is 922. The lowest BCUT2D eigenvalue weighted by Gasteiger charge is -2.35. The molecule has 0 aromatic heterocycles. The average molecular weight is 433 g/mol. The van der Waals surface area contributed by atoms with Crippen molar-refractivity contribution in [1.29, 1.82) is 0 Å². The lowest BCUT2D eigenvalue weighted by molar-refractivity contribution is -0.104. The smallest absolute Gasteiger partial charge is 0.145 e. The Labute approximate surface area is 195 Å². The summed E-state index contributed by atoms with van der Waals surface area (Å²) in [4.78, 5) is 10.6. The SMILES string of the molecule is CC1=C(/C=C/C(C)=C\C=C\C(C)=C/C=C/C=C(C)\C=C\C=C(\C)C=O)C(C)(C)C[C@H](O)C1. The van der Waals surface area contributed by atoms with Gasteiger partial charge in [0.1, 0.15) is 6.29 Å². The lowest BCUT2D eigenvalue weighted by Crippen LogP contribution is -2.28. The summed E-state index contributed by atoms with van der Waals surface area (Å²) in [7, 11) is 0. The first-order valence-corrected chi connectivity index (χ1v) is 11.3. The molecule has 0 fully saturated rings. The summed E-state index contributed by atoms with van der Waals surface area (Å²) >= 11 is 0. The molecule has 1 rings (SSSR count). The number of hydrogen-bond acceptors (Lipinski definition) is 2. The van der Waals surface area contributed by atoms with Crippen LogP contribution in [0.3, 0.4) is 0 Å². The van der Waals surface area contributed by atoms with Gasteiger partial charge >= 0.3 is 0 Å². The van der Waals surface area contributed by atoms with Crippen molar-refractivity contribution in [3.63, 3.8) is 0 Å². The number of aldehydes is 1. The normalized spacial score (nSPS) is 21.7. The van der Waals surface area contributed by atoms with E-state index in [0.717, 1.165) is 24.7 Å². The quantitative estimate of drug-likeness (QED) is 0.230. The zero-order chi connectivity index (χ0) is 24.1. The Balaban J connectivity index is 2.68. The molecule has 0 saturated carbocycles. The molecule has 0 radical (unpaired) electrons. The highest BCUT2D eigenvalue weighted by atomic mass is 16.3. The molecule has 1 aliphatic carbocycles. The van der Waals surface area contributed by atoms with Crippen LogP contribution in [0.4, 0.5) is 0 Å². The fraction of sp³-hybridized carbons (Fsp3) is 0.367. The van der Waals surface area contributed by atoms with Gasteiger partial charge in [-0.15, -0.1) is 0 Å². The van der Waals surface area contributed by atoms with Crippen LogP contribution in [0.25, 0.3) is 0 Å². The number of rotatable bonds is 9. The summed E-state index contributed by atoms with van der Waals surface area (Å²) in [6.45, 7) is 14.5. The van der Waals surface area contributed by atoms with Crippen molar-refractivity contribution in [3.8, 4) is 0 Å². The summed E-state index contributed by atoms with van der Waals surface area (Å²) in [5, 5.41) is 10.0. The van der Waals surface area contributed by atoms with E-state index < -0.39 is 0 Å². The van der Waals surface area contributed by atoms with Gasteiger partial charge < -0.3 is 5.11 Å². The standard InChI is InChI=1S/C30H40O2/c1-23(12-8-9-13-24(2)15-11-17-26(4)22-31)14-10-16-25(3)18-19-29-27(5)20-28(32)21-30(29,6)7/h8-19,22,28,32H,20-21H2,1-7H3/b9-8+,14-10+,15-11+,19-18+,23-12-,24-13-,25-16-,26-17-/t28-/m1/s1. The highest BCUT2D eigenvalue weighted by Gasteiger charge is 2.31. The second-order valence-electron chi connectivity index (χ2n) is 9.34. The number of hydrogen-bond donors (Lipinski definition) is 1. The van der Waals surface area contributed by atoms with E-state index in [-0.39, 0.29) is 11.5 Å². The predicted octanol–water partition coefficient (Wildman–Crippen LogP) is 7.69. The van der Waals surface area contributed by atoms with Crippen LogP contribution in [0.1, 0.15) is 61.3 Å². The molecule has 0 bridgehead atoms. The highest BCUT2D eigenvalue weighted by Crippen LogP contribution is 2.41. The summed E-state index contributed by atoms with van der Waals surface area (Å²) in [5.74, 6) is 0. The molecule has 0 spiro atoms. The van der Waals surface area contributed by atoms with E-state index in [1.54, 1.807) is 13.0 Å². The van der Waals surface area contributed by atoms with Crippen molar-refractivity contribution in [1.82, 2.24) is 0 Å². The molecule has 1 aliphatic rings. The second kappa shape index (κ2) is 13.6. The first-order chi connectivity index (χ1) is 15.0. The molecule has 1 atom stereocenters. The van der Waals surface area contributed by atoms with Gasteiger partial charge in [-0.05, 0) is 64.0 Å². The van der Waals surface area contributed by atoms with Crippen molar-refractivity contribution < 1.29 is 9.90 Å². The van der Waals surface area contributed by atoms with Gasteiger partial charge in [-0.25, -0.2) is 0 Å². The molecule has 1 N–H and O–H groups in total. The third-order valence-corrected chi connectivity index (χ3v) is 5.44. The van der Waals surface area contributed by atoms with E-state index in [2.05, 4.69) is 71.1 Å². The first kappa shape index (κ1) is 27.3. The van der Waals surface area contributed by atoms with Gasteiger partial charge in [0.15, 0.2) is 0 Å². The molecular weight excluding hydrogens is 392 g/mol. The number of aliphatic hydroxyl groups is 1. The third-order valence-electron chi connectivity index (χ3n) is 5.44. The van der Waals surface area contributed by atoms with E-state index >= 15 is 0 Å². The van der Waals surface area contributed by atoms with E-state index in [0.29, 0.717) is 5.57 Å². The summed E-state index contributed by atoms with van der Waals surface area (Å²) in [6.07, 6.45) is 26.6. The van der Waals surface area contributed by atoms with Crippen LogP contribution in [0.2, 0.25) is 0 Å². The Kier molecular flexibility index (Phi) is 11.7. The molecule has 32 heavy (non-hydrogen) atoms. The van der Waals surface area contributed by atoms with Crippen molar-refractivity contribution in [3.05, 3.63) is 106 Å². The molecule has 2 nitrogen and oxygen atoms in total. The number of carbonyl (C=O) groups is 1. The summed E-state index contributed by atoms with van der Waals surface area (Å²) < 4.78 is 0. The maximum atomic E-state index is 10.6. The van der Waals surface area contributed by atoms with Crippen molar-refractivity contribution in [2.75, 3.05) is 0 Å². The maximum Gasteiger partial charge on any atom is 0.145 e. The molecule has 0 heterocycles. The van der Waals surface area contributed by atoms with Crippen LogP contribution < -0.4 is 0 Å². The van der Waals surface area contributed by atoms with E-state index in [1.165, 1.54) is 22.3 Å². The van der Waals surface area contributed by atoms with Crippen molar-refractivity contribution >= 4 is 6.29 Å². The minimum absolute atomic E-state index is 0.00771. The molecule has 0 aliphatic heterocycles. The fourth-order valence-electron chi connectivity index (χ4n) is 3.72. The molecule has 0 aromatic carbocycles. The van der Waals surface area contributed by atoms with E-state index in [9.17, 15) is 9.90 Å². The minimum Gasteiger partial charge on any atom is -0.393 e. The van der Waals surface area contributed by atoms with Crippen molar-refractivity contribution in [2.45, 2.75) is 67.4 Å². The van der Waals surface area contributed by atoms with Gasteiger partial charge in [0, 0.05) is 0 Å². The molecule has 0 aromatic rings. The van der Waals surface area contributed by atoms with Crippen LogP contribution in [0, 0.1) is 5.41 Å². The monoisotopic (exact) mass is 432 g/mol. The van der Waals surface area contributed by atoms with Gasteiger partial charge in [0.25, 0.3) is 0 Å². The Morgan fingerprint density at radius 1 is 0.812 bits per heavy atom. The zero-order valence-electron chi connectivity index (χ0n) is 20.9. The molecule has 0 unspecified atom stereocenters. The lowest BCUT2D eigenvalue weighted by atomic mass is 9.71. The first-order valence-electron chi connectivity index (χ1n) is 11.3. The predicted molar refractivity (Wildman–Crippen MR) is 139 cm³/mol. The van der Waals surface area contributed by atoms with Crippen molar-refractivity contribution in [2.24, 2.45) is 5.41 Å². The van der Waals surface area contributed by atoms with Gasteiger partial charge in [-0.2, -0.15) is 0 Å². The summed E-state index contributed by atoms with van der Waals surface area (Å²) in [6, 6.07) is 0. The average Bonchev–Trinajstić information content (AvgIpc) is 2.69. The van der Waals surface area contributed by atoms with Gasteiger partial charge in [-0.3, -0.25) is 4.79 Å². The largest absolute Gasteiger partial charge is 0.393 e. The molecular formula is C30H40O2. The topological polar surface area (TPSA) is 37.3 Å². The van der Waals surface area contributed by atoms with Gasteiger partial charge in [0.2, 0.25) is 0 Å². The second-order valence-corrected chi connectivity index (χ2v) is 9.34. The third kappa shape index (κ3) is 10.5. The maximum absolute atomic E-state index is 10.6. The Hall–Kier alpha value is -2.71. The van der Waals surface area contributed by atoms with Crippen LogP contribution >= 0.6 is 0 Å². The van der Waals surface area contributed by atoms with Crippen LogP contribution in [0.5, 0.6) is 0 Å². The molecule has 2 heteroatoms. The summed E-state index contributed by atoms with van der Waals surface area (Å²) in [5.41, 5.74) is 6.81. The minimum atomic E-state index is -0.226. The Morgan fingerprint density at radius 3 is 1.78 bits per heavy atom. The number of allylic oxidation sites excluding steroid dienone is 17. The number of aliphatic hydroxyl groups excluding tert-OH is 1. The van der Waals surface area contributed by atoms with Crippen LogP contribution in [0.15, 0.2) is 106 Å². The highest BCUT2D eigenvalue weighted by molar-refractivity contribution is 5.72. The number of carbonyl (C=O) groups excluding carboxylic acids is 1. The molecule has 0 saturated heterocycles. The van der Waals surface area contributed by atoms with Crippen LogP contribution in [-0.4, -0.2) is 17.5 Å². The molecule has 172 valence electrons.